The number of amides is 1. The number of carbonyl (C=O) groups is 1. The lowest BCUT2D eigenvalue weighted by Crippen LogP contribution is -2.33. The molecule has 0 radical (unpaired) electrons. The van der Waals surface area contributed by atoms with Gasteiger partial charge in [-0.2, -0.15) is 4.98 Å². The summed E-state index contributed by atoms with van der Waals surface area (Å²) in [6.07, 6.45) is 0. The van der Waals surface area contributed by atoms with Crippen LogP contribution in [0.15, 0.2) is 27.5 Å². The number of carbonyl (C=O) groups excluding carboxylic acids is 1. The van der Waals surface area contributed by atoms with Gasteiger partial charge in [0.25, 0.3) is 11.3 Å². The van der Waals surface area contributed by atoms with Crippen LogP contribution in [0.5, 0.6) is 11.5 Å². The molecule has 3 rings (SSSR count). The van der Waals surface area contributed by atoms with Crippen LogP contribution < -0.4 is 20.3 Å². The van der Waals surface area contributed by atoms with E-state index in [-0.39, 0.29) is 35.7 Å². The highest BCUT2D eigenvalue weighted by Gasteiger charge is 2.16. The average molecular weight is 386 g/mol. The van der Waals surface area contributed by atoms with Crippen LogP contribution in [0, 0.1) is 13.8 Å². The third kappa shape index (κ3) is 3.83. The standard InChI is InChI=1S/C19H22N4O5/c1-5-27-14-7-6-13(8-15(14)26-4)9-20-16(24)10-23-12(3)21-18-17(19(23)25)11(2)22-28-18/h6-8H,5,9-10H2,1-4H3,(H,20,24). The van der Waals surface area contributed by atoms with Crippen molar-refractivity contribution in [3.05, 3.63) is 45.6 Å². The van der Waals surface area contributed by atoms with Gasteiger partial charge in [-0.1, -0.05) is 11.2 Å². The van der Waals surface area contributed by atoms with Crippen LogP contribution in [-0.2, 0) is 17.9 Å². The quantitative estimate of drug-likeness (QED) is 0.658. The molecule has 0 aliphatic carbocycles. The predicted octanol–water partition coefficient (Wildman–Crippen LogP) is 1.73. The Morgan fingerprint density at radius 3 is 2.79 bits per heavy atom. The largest absolute Gasteiger partial charge is 0.493 e. The number of fused-ring (bicyclic) bond motifs is 1. The molecule has 3 aromatic rings. The number of hydrogen-bond acceptors (Lipinski definition) is 7. The number of methoxy groups -OCH3 is 1. The molecule has 0 unspecified atom stereocenters. The summed E-state index contributed by atoms with van der Waals surface area (Å²) < 4.78 is 17.1. The Hall–Kier alpha value is -3.36. The van der Waals surface area contributed by atoms with Crippen LogP contribution >= 0.6 is 0 Å². The Morgan fingerprint density at radius 2 is 2.07 bits per heavy atom. The summed E-state index contributed by atoms with van der Waals surface area (Å²) in [7, 11) is 1.56. The molecule has 2 heterocycles. The molecule has 9 heteroatoms. The van der Waals surface area contributed by atoms with Crippen molar-refractivity contribution >= 4 is 17.0 Å². The molecular weight excluding hydrogens is 364 g/mol. The minimum absolute atomic E-state index is 0.146. The van der Waals surface area contributed by atoms with E-state index in [4.69, 9.17) is 14.0 Å². The monoisotopic (exact) mass is 386 g/mol. The van der Waals surface area contributed by atoms with Gasteiger partial charge < -0.3 is 19.3 Å². The lowest BCUT2D eigenvalue weighted by atomic mass is 10.2. The van der Waals surface area contributed by atoms with Gasteiger partial charge in [-0.15, -0.1) is 0 Å². The Labute approximate surface area is 161 Å². The van der Waals surface area contributed by atoms with Gasteiger partial charge in [0.2, 0.25) is 5.91 Å². The topological polar surface area (TPSA) is 108 Å². The van der Waals surface area contributed by atoms with Gasteiger partial charge in [0.15, 0.2) is 11.5 Å². The number of nitrogens with zero attached hydrogens (tertiary/aromatic N) is 3. The molecule has 0 saturated carbocycles. The zero-order valence-corrected chi connectivity index (χ0v) is 16.2. The maximum atomic E-state index is 12.6. The summed E-state index contributed by atoms with van der Waals surface area (Å²) >= 11 is 0. The van der Waals surface area contributed by atoms with Gasteiger partial charge in [-0.25, -0.2) is 0 Å². The van der Waals surface area contributed by atoms with Crippen molar-refractivity contribution in [1.29, 1.82) is 0 Å². The Balaban J connectivity index is 1.72. The molecule has 0 aliphatic heterocycles. The van der Waals surface area contributed by atoms with Crippen LogP contribution in [0.1, 0.15) is 24.0 Å². The molecule has 0 bridgehead atoms. The first-order chi connectivity index (χ1) is 13.4. The molecule has 0 spiro atoms. The highest BCUT2D eigenvalue weighted by Crippen LogP contribution is 2.27. The van der Waals surface area contributed by atoms with Crippen LogP contribution in [0.4, 0.5) is 0 Å². The summed E-state index contributed by atoms with van der Waals surface area (Å²) in [6.45, 7) is 5.87. The molecule has 0 fully saturated rings. The van der Waals surface area contributed by atoms with Gasteiger partial charge >= 0.3 is 0 Å². The van der Waals surface area contributed by atoms with Crippen LogP contribution in [0.25, 0.3) is 11.1 Å². The van der Waals surface area contributed by atoms with Crippen LogP contribution in [0.2, 0.25) is 0 Å². The maximum Gasteiger partial charge on any atom is 0.267 e. The fourth-order valence-electron chi connectivity index (χ4n) is 2.85. The minimum atomic E-state index is -0.348. The first kappa shape index (κ1) is 19.4. The highest BCUT2D eigenvalue weighted by molar-refractivity contribution is 5.77. The molecule has 1 aromatic carbocycles. The second-order valence-electron chi connectivity index (χ2n) is 6.19. The molecule has 2 aromatic heterocycles. The normalized spacial score (nSPS) is 10.9. The van der Waals surface area contributed by atoms with E-state index in [1.54, 1.807) is 33.1 Å². The van der Waals surface area contributed by atoms with Gasteiger partial charge in [-0.05, 0) is 38.5 Å². The van der Waals surface area contributed by atoms with Gasteiger partial charge in [0.1, 0.15) is 17.8 Å². The van der Waals surface area contributed by atoms with Gasteiger partial charge in [0, 0.05) is 6.54 Å². The summed E-state index contributed by atoms with van der Waals surface area (Å²) in [5, 5.41) is 6.84. The smallest absolute Gasteiger partial charge is 0.267 e. The van der Waals surface area contributed by atoms with E-state index in [0.29, 0.717) is 29.6 Å². The maximum absolute atomic E-state index is 12.6. The summed E-state index contributed by atoms with van der Waals surface area (Å²) in [6, 6.07) is 5.45. The SMILES string of the molecule is CCOc1ccc(CNC(=O)Cn2c(C)nc3onc(C)c3c2=O)cc1OC. The number of ether oxygens (including phenoxy) is 2. The van der Waals surface area contributed by atoms with E-state index in [2.05, 4.69) is 15.5 Å². The Kier molecular flexibility index (Phi) is 5.62. The number of nitrogens with one attached hydrogen (secondary N) is 1. The molecule has 0 saturated heterocycles. The first-order valence-corrected chi connectivity index (χ1v) is 8.84. The molecule has 0 atom stereocenters. The second-order valence-corrected chi connectivity index (χ2v) is 6.19. The zero-order valence-electron chi connectivity index (χ0n) is 16.2. The number of aryl methyl sites for hydroxylation is 2. The lowest BCUT2D eigenvalue weighted by molar-refractivity contribution is -0.121. The molecule has 9 nitrogen and oxygen atoms in total. The van der Waals surface area contributed by atoms with Crippen LogP contribution in [-0.4, -0.2) is 34.3 Å². The Bertz CT molecular complexity index is 1070. The van der Waals surface area contributed by atoms with Crippen molar-refractivity contribution in [3.8, 4) is 11.5 Å². The number of rotatable bonds is 7. The summed E-state index contributed by atoms with van der Waals surface area (Å²) in [5.74, 6) is 1.31. The van der Waals surface area contributed by atoms with Crippen molar-refractivity contribution in [1.82, 2.24) is 20.0 Å². The fourth-order valence-corrected chi connectivity index (χ4v) is 2.85. The van der Waals surface area contributed by atoms with Crippen LogP contribution in [0.3, 0.4) is 0 Å². The second kappa shape index (κ2) is 8.12. The number of aromatic nitrogens is 3. The third-order valence-electron chi connectivity index (χ3n) is 4.28. The molecule has 1 amide bonds. The molecular formula is C19H22N4O5. The number of hydrogen-bond donors (Lipinski definition) is 1. The summed E-state index contributed by atoms with van der Waals surface area (Å²) in [4.78, 5) is 29.2. The fraction of sp³-hybridized carbons (Fsp3) is 0.368. The van der Waals surface area contributed by atoms with E-state index >= 15 is 0 Å². The highest BCUT2D eigenvalue weighted by atomic mass is 16.5. The van der Waals surface area contributed by atoms with Crippen molar-refractivity contribution in [3.63, 3.8) is 0 Å². The van der Waals surface area contributed by atoms with Crippen molar-refractivity contribution < 1.29 is 18.8 Å². The number of benzene rings is 1. The van der Waals surface area contributed by atoms with E-state index in [9.17, 15) is 9.59 Å². The van der Waals surface area contributed by atoms with Crippen molar-refractivity contribution in [2.45, 2.75) is 33.9 Å². The molecule has 0 aliphatic rings. The lowest BCUT2D eigenvalue weighted by Gasteiger charge is -2.12. The molecule has 148 valence electrons. The zero-order chi connectivity index (χ0) is 20.3. The average Bonchev–Trinajstić information content (AvgIpc) is 3.05. The van der Waals surface area contributed by atoms with E-state index in [1.807, 2.05) is 13.0 Å². The molecule has 1 N–H and O–H groups in total. The minimum Gasteiger partial charge on any atom is -0.493 e. The Morgan fingerprint density at radius 1 is 1.29 bits per heavy atom. The van der Waals surface area contributed by atoms with E-state index < -0.39 is 0 Å². The van der Waals surface area contributed by atoms with Gasteiger partial charge in [-0.3, -0.25) is 14.2 Å². The van der Waals surface area contributed by atoms with E-state index in [1.165, 1.54) is 4.57 Å². The molecule has 28 heavy (non-hydrogen) atoms. The third-order valence-corrected chi connectivity index (χ3v) is 4.28. The van der Waals surface area contributed by atoms with Gasteiger partial charge in [0.05, 0.1) is 19.4 Å². The predicted molar refractivity (Wildman–Crippen MR) is 102 cm³/mol. The van der Waals surface area contributed by atoms with E-state index in [0.717, 1.165) is 5.56 Å². The van der Waals surface area contributed by atoms with Crippen molar-refractivity contribution in [2.24, 2.45) is 0 Å². The van der Waals surface area contributed by atoms with Crippen molar-refractivity contribution in [2.75, 3.05) is 13.7 Å². The first-order valence-electron chi connectivity index (χ1n) is 8.84. The summed E-state index contributed by atoms with van der Waals surface area (Å²) in [5.41, 5.74) is 1.13.